The van der Waals surface area contributed by atoms with E-state index in [1.54, 1.807) is 6.20 Å². The maximum Gasteiger partial charge on any atom is 0.274 e. The third-order valence-corrected chi connectivity index (χ3v) is 6.84. The lowest BCUT2D eigenvalue weighted by Crippen LogP contribution is -2.71. The summed E-state index contributed by atoms with van der Waals surface area (Å²) in [6.07, 6.45) is 4.16. The lowest BCUT2D eigenvalue weighted by molar-refractivity contribution is -0.126. The Kier molecular flexibility index (Phi) is 6.53. The van der Waals surface area contributed by atoms with Crippen molar-refractivity contribution in [2.45, 2.75) is 44.2 Å². The van der Waals surface area contributed by atoms with E-state index in [-0.39, 0.29) is 29.3 Å². The first-order chi connectivity index (χ1) is 17.6. The van der Waals surface area contributed by atoms with Crippen LogP contribution in [-0.4, -0.2) is 52.0 Å². The molecule has 1 aromatic carbocycles. The Balaban J connectivity index is 1.29. The molecular formula is C27H29F2N5O3. The Morgan fingerprint density at radius 2 is 1.95 bits per heavy atom. The van der Waals surface area contributed by atoms with Crippen LogP contribution < -0.4 is 10.6 Å². The van der Waals surface area contributed by atoms with E-state index in [1.807, 2.05) is 32.0 Å². The summed E-state index contributed by atoms with van der Waals surface area (Å²) in [5.74, 6) is -1.59. The van der Waals surface area contributed by atoms with Crippen molar-refractivity contribution in [2.75, 3.05) is 19.6 Å². The number of likely N-dealkylation sites (tertiary alicyclic amines) is 1. The maximum absolute atomic E-state index is 14.2. The minimum Gasteiger partial charge on any atom is -0.355 e. The molecule has 3 aromatic rings. The van der Waals surface area contributed by atoms with Crippen LogP contribution in [0.2, 0.25) is 0 Å². The summed E-state index contributed by atoms with van der Waals surface area (Å²) >= 11 is 0. The molecule has 37 heavy (non-hydrogen) atoms. The molecule has 194 valence electrons. The Morgan fingerprint density at radius 3 is 2.62 bits per heavy atom. The van der Waals surface area contributed by atoms with E-state index < -0.39 is 28.6 Å². The van der Waals surface area contributed by atoms with Gasteiger partial charge < -0.3 is 15.2 Å². The largest absolute Gasteiger partial charge is 0.355 e. The molecule has 1 aliphatic carbocycles. The first kappa shape index (κ1) is 25.0. The minimum absolute atomic E-state index is 0.00181. The van der Waals surface area contributed by atoms with Crippen LogP contribution >= 0.6 is 0 Å². The molecule has 2 amide bonds. The monoisotopic (exact) mass is 509 g/mol. The molecule has 0 unspecified atom stereocenters. The van der Waals surface area contributed by atoms with Crippen molar-refractivity contribution in [3.8, 4) is 11.3 Å². The molecule has 1 aliphatic heterocycles. The standard InChI is InChI=1S/C27H29F2N5O3/c1-26(2,23-5-3-4-10-30-23)31-24(35)13-27(15-34(16-27)14-17-6-7-17)32-25(36)21-12-22(37-33-21)19-9-8-18(28)11-20(19)29/h3-5,8-12,17H,6-7,13-16H2,1-2H3,(H,31,35)(H,32,36). The SMILES string of the molecule is CC(C)(NC(=O)CC1(NC(=O)c2cc(-c3ccc(F)cc3F)on2)CN(CC2CC2)C1)c1ccccn1. The molecule has 8 nitrogen and oxygen atoms in total. The van der Waals surface area contributed by atoms with Crippen LogP contribution in [0.4, 0.5) is 8.78 Å². The van der Waals surface area contributed by atoms with E-state index in [1.165, 1.54) is 25.0 Å². The molecule has 0 spiro atoms. The molecule has 0 bridgehead atoms. The summed E-state index contributed by atoms with van der Waals surface area (Å²) in [5, 5.41) is 9.80. The normalized spacial score (nSPS) is 17.2. The van der Waals surface area contributed by atoms with Crippen LogP contribution in [-0.2, 0) is 10.3 Å². The summed E-state index contributed by atoms with van der Waals surface area (Å²) < 4.78 is 32.6. The third kappa shape index (κ3) is 5.69. The lowest BCUT2D eigenvalue weighted by Gasteiger charge is -2.50. The summed E-state index contributed by atoms with van der Waals surface area (Å²) in [6.45, 7) is 5.76. The third-order valence-electron chi connectivity index (χ3n) is 6.84. The highest BCUT2D eigenvalue weighted by molar-refractivity contribution is 5.94. The van der Waals surface area contributed by atoms with Crippen molar-refractivity contribution in [3.63, 3.8) is 0 Å². The average Bonchev–Trinajstić information content (AvgIpc) is 3.50. The zero-order valence-corrected chi connectivity index (χ0v) is 20.8. The van der Waals surface area contributed by atoms with Crippen LogP contribution in [0.5, 0.6) is 0 Å². The molecule has 0 radical (unpaired) electrons. The van der Waals surface area contributed by atoms with Gasteiger partial charge in [-0.25, -0.2) is 8.78 Å². The Morgan fingerprint density at radius 1 is 1.16 bits per heavy atom. The van der Waals surface area contributed by atoms with E-state index in [0.717, 1.165) is 24.4 Å². The molecular weight excluding hydrogens is 480 g/mol. The number of carbonyl (C=O) groups is 2. The fourth-order valence-electron chi connectivity index (χ4n) is 4.84. The van der Waals surface area contributed by atoms with Crippen LogP contribution in [0.1, 0.15) is 49.3 Å². The first-order valence-corrected chi connectivity index (χ1v) is 12.3. The first-order valence-electron chi connectivity index (χ1n) is 12.3. The van der Waals surface area contributed by atoms with Gasteiger partial charge in [-0.05, 0) is 56.9 Å². The van der Waals surface area contributed by atoms with Gasteiger partial charge in [0.15, 0.2) is 11.5 Å². The number of benzene rings is 1. The highest BCUT2D eigenvalue weighted by Crippen LogP contribution is 2.34. The molecule has 0 atom stereocenters. The number of nitrogens with one attached hydrogen (secondary N) is 2. The predicted molar refractivity (Wildman–Crippen MR) is 131 cm³/mol. The van der Waals surface area contributed by atoms with Gasteiger partial charge in [0.05, 0.1) is 28.8 Å². The van der Waals surface area contributed by atoms with Crippen LogP contribution in [0.3, 0.4) is 0 Å². The van der Waals surface area contributed by atoms with Crippen molar-refractivity contribution in [1.29, 1.82) is 0 Å². The fraction of sp³-hybridized carbons (Fsp3) is 0.407. The molecule has 2 N–H and O–H groups in total. The summed E-state index contributed by atoms with van der Waals surface area (Å²) in [7, 11) is 0. The van der Waals surface area contributed by atoms with E-state index in [4.69, 9.17) is 4.52 Å². The number of carbonyl (C=O) groups excluding carboxylic acids is 2. The van der Waals surface area contributed by atoms with Crippen molar-refractivity contribution >= 4 is 11.8 Å². The Hall–Kier alpha value is -3.66. The van der Waals surface area contributed by atoms with E-state index in [2.05, 4.69) is 25.7 Å². The highest BCUT2D eigenvalue weighted by atomic mass is 19.1. The zero-order valence-electron chi connectivity index (χ0n) is 20.8. The second-order valence-corrected chi connectivity index (χ2v) is 10.6. The van der Waals surface area contributed by atoms with Crippen molar-refractivity contribution in [3.05, 3.63) is 71.7 Å². The van der Waals surface area contributed by atoms with Gasteiger partial charge in [-0.3, -0.25) is 19.5 Å². The van der Waals surface area contributed by atoms with Crippen LogP contribution in [0, 0.1) is 17.6 Å². The van der Waals surface area contributed by atoms with Crippen LogP contribution in [0.15, 0.2) is 53.2 Å². The predicted octanol–water partition coefficient (Wildman–Crippen LogP) is 3.65. The van der Waals surface area contributed by atoms with Gasteiger partial charge in [-0.2, -0.15) is 0 Å². The Bertz CT molecular complexity index is 1300. The van der Waals surface area contributed by atoms with Crippen molar-refractivity contribution in [1.82, 2.24) is 25.7 Å². The second-order valence-electron chi connectivity index (χ2n) is 10.6. The molecule has 2 aliphatic rings. The van der Waals surface area contributed by atoms with Gasteiger partial charge in [0.25, 0.3) is 5.91 Å². The van der Waals surface area contributed by atoms with Crippen LogP contribution in [0.25, 0.3) is 11.3 Å². The van der Waals surface area contributed by atoms with Crippen molar-refractivity contribution < 1.29 is 22.9 Å². The number of hydrogen-bond acceptors (Lipinski definition) is 6. The maximum atomic E-state index is 14.2. The van der Waals surface area contributed by atoms with E-state index >= 15 is 0 Å². The summed E-state index contributed by atoms with van der Waals surface area (Å²) in [4.78, 5) is 32.8. The molecule has 1 saturated carbocycles. The van der Waals surface area contributed by atoms with Gasteiger partial charge >= 0.3 is 0 Å². The number of pyridine rings is 1. The van der Waals surface area contributed by atoms with Gasteiger partial charge in [-0.15, -0.1) is 0 Å². The lowest BCUT2D eigenvalue weighted by atomic mass is 9.84. The Labute approximate surface area is 213 Å². The molecule has 3 heterocycles. The smallest absolute Gasteiger partial charge is 0.274 e. The summed E-state index contributed by atoms with van der Waals surface area (Å²) in [5.41, 5.74) is -0.794. The number of rotatable bonds is 9. The van der Waals surface area contributed by atoms with Gasteiger partial charge in [0.2, 0.25) is 5.91 Å². The second kappa shape index (κ2) is 9.66. The number of aromatic nitrogens is 2. The molecule has 2 aromatic heterocycles. The quantitative estimate of drug-likeness (QED) is 0.457. The molecule has 10 heteroatoms. The van der Waals surface area contributed by atoms with Gasteiger partial charge in [0, 0.05) is 38.0 Å². The number of amides is 2. The number of nitrogens with zero attached hydrogens (tertiary/aromatic N) is 3. The summed E-state index contributed by atoms with van der Waals surface area (Å²) in [6, 6.07) is 9.90. The fourth-order valence-corrected chi connectivity index (χ4v) is 4.84. The van der Waals surface area contributed by atoms with Gasteiger partial charge in [-0.1, -0.05) is 11.2 Å². The molecule has 1 saturated heterocycles. The average molecular weight is 510 g/mol. The highest BCUT2D eigenvalue weighted by Gasteiger charge is 2.47. The minimum atomic E-state index is -0.818. The number of hydrogen-bond donors (Lipinski definition) is 2. The van der Waals surface area contributed by atoms with Crippen molar-refractivity contribution in [2.24, 2.45) is 5.92 Å². The number of halogens is 2. The van der Waals surface area contributed by atoms with E-state index in [9.17, 15) is 18.4 Å². The van der Waals surface area contributed by atoms with Gasteiger partial charge in [0.1, 0.15) is 11.6 Å². The molecule has 2 fully saturated rings. The van der Waals surface area contributed by atoms with E-state index in [0.29, 0.717) is 19.0 Å². The topological polar surface area (TPSA) is 100 Å². The molecule has 5 rings (SSSR count). The zero-order chi connectivity index (χ0) is 26.2.